The van der Waals surface area contributed by atoms with Crippen molar-refractivity contribution in [3.05, 3.63) is 75.2 Å². The van der Waals surface area contributed by atoms with E-state index in [1.54, 1.807) is 30.5 Å². The fraction of sp³-hybridized carbons (Fsp3) is 0.250. The average molecular weight is 452 g/mol. The number of ketones is 2. The third-order valence-electron chi connectivity index (χ3n) is 5.66. The Balaban J connectivity index is 1.50. The highest BCUT2D eigenvalue weighted by atomic mass is 35.5. The van der Waals surface area contributed by atoms with Crippen molar-refractivity contribution in [2.75, 3.05) is 5.32 Å². The number of aryl methyl sites for hydroxylation is 1. The van der Waals surface area contributed by atoms with Gasteiger partial charge < -0.3 is 15.2 Å². The largest absolute Gasteiger partial charge is 0.334 e. The predicted octanol–water partition coefficient (Wildman–Crippen LogP) is 4.15. The van der Waals surface area contributed by atoms with Crippen LogP contribution in [0, 0.1) is 6.92 Å². The van der Waals surface area contributed by atoms with Gasteiger partial charge in [0.1, 0.15) is 5.78 Å². The summed E-state index contributed by atoms with van der Waals surface area (Å²) >= 11 is 6.08. The number of pyridine rings is 1. The molecule has 4 rings (SSSR count). The molecular formula is C24H22ClN3O4. The first-order valence-electron chi connectivity index (χ1n) is 10.3. The van der Waals surface area contributed by atoms with Gasteiger partial charge in [-0.05, 0) is 54.1 Å². The van der Waals surface area contributed by atoms with Crippen LogP contribution in [0.25, 0.3) is 10.8 Å². The number of rotatable bonds is 4. The molecule has 1 fully saturated rings. The van der Waals surface area contributed by atoms with Crippen LogP contribution in [0.3, 0.4) is 0 Å². The number of hydrogen-bond acceptors (Lipinski definition) is 4. The monoisotopic (exact) mass is 451 g/mol. The molecule has 1 unspecified atom stereocenters. The van der Waals surface area contributed by atoms with Gasteiger partial charge in [0.25, 0.3) is 5.56 Å². The summed E-state index contributed by atoms with van der Waals surface area (Å²) in [4.78, 5) is 49.1. The van der Waals surface area contributed by atoms with Gasteiger partial charge >= 0.3 is 6.03 Å². The van der Waals surface area contributed by atoms with Gasteiger partial charge in [0.2, 0.25) is 0 Å². The fourth-order valence-electron chi connectivity index (χ4n) is 3.84. The van der Waals surface area contributed by atoms with Gasteiger partial charge in [-0.25, -0.2) is 4.79 Å². The molecule has 1 atom stereocenters. The minimum atomic E-state index is -0.613. The molecule has 32 heavy (non-hydrogen) atoms. The Hall–Kier alpha value is -3.45. The molecule has 2 N–H and O–H groups in total. The van der Waals surface area contributed by atoms with Gasteiger partial charge in [0, 0.05) is 35.3 Å². The zero-order valence-electron chi connectivity index (χ0n) is 17.5. The van der Waals surface area contributed by atoms with Gasteiger partial charge in [-0.3, -0.25) is 14.4 Å². The summed E-state index contributed by atoms with van der Waals surface area (Å²) < 4.78 is 1.42. The summed E-state index contributed by atoms with van der Waals surface area (Å²) in [5, 5.41) is 7.25. The van der Waals surface area contributed by atoms with Gasteiger partial charge in [-0.2, -0.15) is 0 Å². The number of fused-ring (bicyclic) bond motifs is 1. The van der Waals surface area contributed by atoms with E-state index in [2.05, 4.69) is 10.6 Å². The van der Waals surface area contributed by atoms with Crippen LogP contribution in [0.2, 0.25) is 5.02 Å². The molecule has 7 nitrogen and oxygen atoms in total. The van der Waals surface area contributed by atoms with Crippen LogP contribution in [0.4, 0.5) is 10.5 Å². The third kappa shape index (κ3) is 4.57. The maximum absolute atomic E-state index is 13.1. The summed E-state index contributed by atoms with van der Waals surface area (Å²) in [5.41, 5.74) is 1.96. The van der Waals surface area contributed by atoms with Crippen LogP contribution >= 0.6 is 11.6 Å². The molecule has 8 heteroatoms. The molecule has 1 aliphatic rings. The van der Waals surface area contributed by atoms with E-state index in [9.17, 15) is 19.2 Å². The number of urea groups is 1. The van der Waals surface area contributed by atoms with Crippen LogP contribution in [0.15, 0.2) is 53.5 Å². The van der Waals surface area contributed by atoms with Crippen LogP contribution in [-0.4, -0.2) is 22.2 Å². The fourth-order valence-corrected chi connectivity index (χ4v) is 4.02. The first kappa shape index (κ1) is 21.8. The number of amides is 2. The Labute approximate surface area is 189 Å². The summed E-state index contributed by atoms with van der Waals surface area (Å²) in [7, 11) is 0. The molecule has 2 amide bonds. The number of benzene rings is 2. The minimum absolute atomic E-state index is 0.0837. The second-order valence-electron chi connectivity index (χ2n) is 7.96. The Morgan fingerprint density at radius 2 is 1.94 bits per heavy atom. The Morgan fingerprint density at radius 3 is 2.69 bits per heavy atom. The van der Waals surface area contributed by atoms with Gasteiger partial charge in [-0.1, -0.05) is 29.8 Å². The van der Waals surface area contributed by atoms with Crippen molar-refractivity contribution in [1.82, 2.24) is 9.88 Å². The molecule has 1 heterocycles. The number of anilines is 1. The first-order valence-corrected chi connectivity index (χ1v) is 10.7. The summed E-state index contributed by atoms with van der Waals surface area (Å²) in [6.07, 6.45) is 2.13. The number of hydrogen-bond donors (Lipinski definition) is 2. The van der Waals surface area contributed by atoms with Crippen LogP contribution in [0.5, 0.6) is 0 Å². The highest BCUT2D eigenvalue weighted by Gasteiger charge is 2.29. The number of nitrogens with zero attached hydrogens (tertiary/aromatic N) is 1. The summed E-state index contributed by atoms with van der Waals surface area (Å²) in [5.74, 6) is -0.312. The normalized spacial score (nSPS) is 16.2. The van der Waals surface area contributed by atoms with E-state index < -0.39 is 12.1 Å². The van der Waals surface area contributed by atoms with Crippen molar-refractivity contribution < 1.29 is 14.4 Å². The lowest BCUT2D eigenvalue weighted by Gasteiger charge is -2.22. The molecule has 0 radical (unpaired) electrons. The molecule has 1 aromatic heterocycles. The second kappa shape index (κ2) is 8.96. The number of carbonyl (C=O) groups is 3. The average Bonchev–Trinajstić information content (AvgIpc) is 2.76. The van der Waals surface area contributed by atoms with E-state index in [4.69, 9.17) is 11.6 Å². The van der Waals surface area contributed by atoms with Gasteiger partial charge in [0.15, 0.2) is 5.78 Å². The van der Waals surface area contributed by atoms with Crippen molar-refractivity contribution in [2.45, 2.75) is 38.8 Å². The van der Waals surface area contributed by atoms with Gasteiger partial charge in [0.05, 0.1) is 12.5 Å². The molecule has 1 aliphatic carbocycles. The zero-order valence-corrected chi connectivity index (χ0v) is 18.2. The van der Waals surface area contributed by atoms with Crippen molar-refractivity contribution in [1.29, 1.82) is 0 Å². The van der Waals surface area contributed by atoms with E-state index >= 15 is 0 Å². The summed E-state index contributed by atoms with van der Waals surface area (Å²) in [6, 6.07) is 11.4. The van der Waals surface area contributed by atoms with E-state index in [1.807, 2.05) is 25.1 Å². The quantitative estimate of drug-likeness (QED) is 0.582. The van der Waals surface area contributed by atoms with Crippen LogP contribution in [0.1, 0.15) is 36.4 Å². The van der Waals surface area contributed by atoms with Crippen LogP contribution < -0.4 is 16.2 Å². The number of aromatic nitrogens is 1. The van der Waals surface area contributed by atoms with E-state index in [0.29, 0.717) is 28.9 Å². The van der Waals surface area contributed by atoms with Crippen molar-refractivity contribution in [2.24, 2.45) is 0 Å². The first-order chi connectivity index (χ1) is 15.3. The van der Waals surface area contributed by atoms with Crippen molar-refractivity contribution >= 4 is 45.7 Å². The van der Waals surface area contributed by atoms with E-state index in [0.717, 1.165) is 16.5 Å². The standard InChI is InChI=1S/C24H22ClN3O4/c1-14-2-5-17(11-20(14)25)27-24(32)26-13-15-3-4-16-8-9-28(23(31)19(16)10-15)21-7-6-18(29)12-22(21)30/h2-5,8-11,21H,6-7,12-13H2,1H3,(H2,26,27,32). The highest BCUT2D eigenvalue weighted by molar-refractivity contribution is 6.31. The maximum Gasteiger partial charge on any atom is 0.319 e. The number of Topliss-reactive ketones (excluding diaryl/α,β-unsaturated/α-hetero) is 2. The maximum atomic E-state index is 13.1. The number of nitrogens with one attached hydrogen (secondary N) is 2. The lowest BCUT2D eigenvalue weighted by atomic mass is 9.92. The summed E-state index contributed by atoms with van der Waals surface area (Å²) in [6.45, 7) is 2.09. The van der Waals surface area contributed by atoms with Crippen molar-refractivity contribution in [3.8, 4) is 0 Å². The highest BCUT2D eigenvalue weighted by Crippen LogP contribution is 2.23. The second-order valence-corrected chi connectivity index (χ2v) is 8.36. The minimum Gasteiger partial charge on any atom is -0.334 e. The van der Waals surface area contributed by atoms with Crippen molar-refractivity contribution in [3.63, 3.8) is 0 Å². The molecule has 1 saturated carbocycles. The Morgan fingerprint density at radius 1 is 1.12 bits per heavy atom. The molecule has 0 spiro atoms. The molecule has 0 saturated heterocycles. The Kier molecular flexibility index (Phi) is 6.10. The molecule has 0 bridgehead atoms. The smallest absolute Gasteiger partial charge is 0.319 e. The SMILES string of the molecule is Cc1ccc(NC(=O)NCc2ccc3ccn(C4CCC(=O)CC4=O)c(=O)c3c2)cc1Cl. The number of halogens is 1. The predicted molar refractivity (Wildman–Crippen MR) is 123 cm³/mol. The van der Waals surface area contributed by atoms with E-state index in [1.165, 1.54) is 4.57 Å². The topological polar surface area (TPSA) is 97.3 Å². The zero-order chi connectivity index (χ0) is 22.8. The lowest BCUT2D eigenvalue weighted by Crippen LogP contribution is -2.34. The third-order valence-corrected chi connectivity index (χ3v) is 6.06. The molecular weight excluding hydrogens is 430 g/mol. The molecule has 0 aliphatic heterocycles. The molecule has 164 valence electrons. The molecule has 2 aromatic carbocycles. The lowest BCUT2D eigenvalue weighted by molar-refractivity contribution is -0.132. The van der Waals surface area contributed by atoms with E-state index in [-0.39, 0.29) is 30.1 Å². The number of carbonyl (C=O) groups excluding carboxylic acids is 3. The van der Waals surface area contributed by atoms with Crippen LogP contribution in [-0.2, 0) is 16.1 Å². The molecule has 3 aromatic rings. The Bertz CT molecular complexity index is 1300. The van der Waals surface area contributed by atoms with Gasteiger partial charge in [-0.15, -0.1) is 0 Å².